The van der Waals surface area contributed by atoms with Crippen LogP contribution in [0.3, 0.4) is 0 Å². The summed E-state index contributed by atoms with van der Waals surface area (Å²) in [5, 5.41) is 13.7. The van der Waals surface area contributed by atoms with Gasteiger partial charge in [0.1, 0.15) is 11.5 Å². The van der Waals surface area contributed by atoms with Gasteiger partial charge in [-0.2, -0.15) is 0 Å². The van der Waals surface area contributed by atoms with Crippen molar-refractivity contribution in [3.8, 4) is 0 Å². The maximum Gasteiger partial charge on any atom is 0.117 e. The van der Waals surface area contributed by atoms with Crippen molar-refractivity contribution in [3.05, 3.63) is 23.7 Å². The lowest BCUT2D eigenvalue weighted by Gasteiger charge is -2.35. The second kappa shape index (κ2) is 5.23. The van der Waals surface area contributed by atoms with E-state index in [9.17, 15) is 5.11 Å². The molecule has 0 spiro atoms. The first-order chi connectivity index (χ1) is 8.07. The molecule has 1 aromatic rings. The minimum Gasteiger partial charge on any atom is -0.465 e. The van der Waals surface area contributed by atoms with Crippen molar-refractivity contribution in [2.24, 2.45) is 5.92 Å². The van der Waals surface area contributed by atoms with Gasteiger partial charge in [-0.05, 0) is 50.7 Å². The van der Waals surface area contributed by atoms with E-state index in [1.54, 1.807) is 0 Å². The molecule has 1 fully saturated rings. The smallest absolute Gasteiger partial charge is 0.117 e. The Hall–Kier alpha value is -0.800. The molecular formula is C14H23NO2. The van der Waals surface area contributed by atoms with E-state index in [2.05, 4.69) is 12.2 Å². The molecule has 0 amide bonds. The van der Waals surface area contributed by atoms with E-state index < -0.39 is 5.60 Å². The maximum absolute atomic E-state index is 10.4. The minimum atomic E-state index is -0.506. The van der Waals surface area contributed by atoms with Crippen molar-refractivity contribution in [2.75, 3.05) is 6.54 Å². The molecule has 2 rings (SSSR count). The lowest BCUT2D eigenvalue weighted by Crippen LogP contribution is -2.43. The van der Waals surface area contributed by atoms with Gasteiger partial charge in [-0.1, -0.05) is 6.92 Å². The molecular weight excluding hydrogens is 214 g/mol. The Morgan fingerprint density at radius 2 is 2.12 bits per heavy atom. The van der Waals surface area contributed by atoms with E-state index >= 15 is 0 Å². The molecule has 0 saturated heterocycles. The average molecular weight is 237 g/mol. The molecule has 0 radical (unpaired) electrons. The summed E-state index contributed by atoms with van der Waals surface area (Å²) in [6.07, 6.45) is 4.10. The second-order valence-electron chi connectivity index (χ2n) is 5.52. The fraction of sp³-hybridized carbons (Fsp3) is 0.714. The van der Waals surface area contributed by atoms with Crippen molar-refractivity contribution in [1.29, 1.82) is 0 Å². The first-order valence-corrected chi connectivity index (χ1v) is 6.56. The van der Waals surface area contributed by atoms with E-state index in [1.807, 2.05) is 19.1 Å². The number of hydrogen-bond donors (Lipinski definition) is 2. The number of nitrogens with one attached hydrogen (secondary N) is 1. The van der Waals surface area contributed by atoms with Crippen LogP contribution in [-0.4, -0.2) is 17.3 Å². The highest BCUT2D eigenvalue weighted by Crippen LogP contribution is 2.31. The van der Waals surface area contributed by atoms with Gasteiger partial charge in [0.25, 0.3) is 0 Å². The first kappa shape index (κ1) is 12.7. The van der Waals surface area contributed by atoms with Crippen LogP contribution in [0.15, 0.2) is 16.5 Å². The summed E-state index contributed by atoms with van der Waals surface area (Å²) >= 11 is 0. The molecule has 2 N–H and O–H groups in total. The largest absolute Gasteiger partial charge is 0.465 e. The van der Waals surface area contributed by atoms with Crippen LogP contribution in [0.2, 0.25) is 0 Å². The van der Waals surface area contributed by atoms with E-state index in [1.165, 1.54) is 0 Å². The summed E-state index contributed by atoms with van der Waals surface area (Å²) in [5.41, 5.74) is -0.506. The summed E-state index contributed by atoms with van der Waals surface area (Å²) < 4.78 is 5.48. The van der Waals surface area contributed by atoms with Gasteiger partial charge in [-0.25, -0.2) is 0 Å². The van der Waals surface area contributed by atoms with E-state index in [-0.39, 0.29) is 0 Å². The Balaban J connectivity index is 1.74. The van der Waals surface area contributed by atoms with Crippen molar-refractivity contribution >= 4 is 0 Å². The molecule has 17 heavy (non-hydrogen) atoms. The predicted octanol–water partition coefficient (Wildman–Crippen LogP) is 2.62. The normalized spacial score (nSPS) is 29.5. The Morgan fingerprint density at radius 3 is 2.71 bits per heavy atom. The zero-order valence-electron chi connectivity index (χ0n) is 10.8. The fourth-order valence-corrected chi connectivity index (χ4v) is 2.47. The van der Waals surface area contributed by atoms with Crippen molar-refractivity contribution in [1.82, 2.24) is 5.32 Å². The van der Waals surface area contributed by atoms with Crippen LogP contribution in [0.1, 0.15) is 44.1 Å². The highest BCUT2D eigenvalue weighted by molar-refractivity contribution is 5.05. The van der Waals surface area contributed by atoms with Crippen LogP contribution >= 0.6 is 0 Å². The Labute approximate surface area is 103 Å². The molecule has 1 saturated carbocycles. The van der Waals surface area contributed by atoms with E-state index in [4.69, 9.17) is 4.42 Å². The Kier molecular flexibility index (Phi) is 3.89. The molecule has 1 aromatic heterocycles. The van der Waals surface area contributed by atoms with E-state index in [0.717, 1.165) is 43.1 Å². The lowest BCUT2D eigenvalue weighted by molar-refractivity contribution is -0.00657. The van der Waals surface area contributed by atoms with Gasteiger partial charge in [0.2, 0.25) is 0 Å². The Bertz CT molecular complexity index is 351. The third-order valence-electron chi connectivity index (χ3n) is 3.75. The topological polar surface area (TPSA) is 45.4 Å². The van der Waals surface area contributed by atoms with Crippen LogP contribution in [0, 0.1) is 12.8 Å². The zero-order valence-corrected chi connectivity index (χ0v) is 10.8. The molecule has 3 heteroatoms. The molecule has 0 bridgehead atoms. The standard InChI is InChI=1S/C14H23NO2/c1-11-5-7-14(16,8-6-11)10-15-9-13-4-3-12(2)17-13/h3-4,11,15-16H,5-10H2,1-2H3. The first-order valence-electron chi connectivity index (χ1n) is 6.56. The quantitative estimate of drug-likeness (QED) is 0.846. The van der Waals surface area contributed by atoms with Gasteiger partial charge in [-0.3, -0.25) is 0 Å². The molecule has 0 unspecified atom stereocenters. The third-order valence-corrected chi connectivity index (χ3v) is 3.75. The average Bonchev–Trinajstić information content (AvgIpc) is 2.69. The Morgan fingerprint density at radius 1 is 1.41 bits per heavy atom. The summed E-state index contributed by atoms with van der Waals surface area (Å²) in [4.78, 5) is 0. The fourth-order valence-electron chi connectivity index (χ4n) is 2.47. The predicted molar refractivity (Wildman–Crippen MR) is 67.7 cm³/mol. The van der Waals surface area contributed by atoms with E-state index in [0.29, 0.717) is 13.1 Å². The lowest BCUT2D eigenvalue weighted by atomic mass is 9.79. The van der Waals surface area contributed by atoms with Crippen molar-refractivity contribution < 1.29 is 9.52 Å². The SMILES string of the molecule is Cc1ccc(CNCC2(O)CCC(C)CC2)o1. The van der Waals surface area contributed by atoms with Gasteiger partial charge in [0.15, 0.2) is 0 Å². The molecule has 1 aliphatic carbocycles. The van der Waals surface area contributed by atoms with Crippen LogP contribution in [-0.2, 0) is 6.54 Å². The summed E-state index contributed by atoms with van der Waals surface area (Å²) in [6.45, 7) is 5.57. The summed E-state index contributed by atoms with van der Waals surface area (Å²) in [5.74, 6) is 2.64. The zero-order chi connectivity index (χ0) is 12.3. The van der Waals surface area contributed by atoms with Crippen LogP contribution in [0.5, 0.6) is 0 Å². The number of aliphatic hydroxyl groups is 1. The second-order valence-corrected chi connectivity index (χ2v) is 5.52. The molecule has 96 valence electrons. The van der Waals surface area contributed by atoms with Crippen LogP contribution < -0.4 is 5.32 Å². The molecule has 0 aliphatic heterocycles. The number of hydrogen-bond acceptors (Lipinski definition) is 3. The van der Waals surface area contributed by atoms with Gasteiger partial charge >= 0.3 is 0 Å². The molecule has 0 aromatic carbocycles. The summed E-state index contributed by atoms with van der Waals surface area (Å²) in [7, 11) is 0. The maximum atomic E-state index is 10.4. The van der Waals surface area contributed by atoms with Crippen LogP contribution in [0.4, 0.5) is 0 Å². The summed E-state index contributed by atoms with van der Waals surface area (Å²) in [6, 6.07) is 3.95. The molecule has 1 aliphatic rings. The van der Waals surface area contributed by atoms with Gasteiger partial charge in [0, 0.05) is 6.54 Å². The number of rotatable bonds is 4. The monoisotopic (exact) mass is 237 g/mol. The number of aryl methyl sites for hydroxylation is 1. The number of furan rings is 1. The van der Waals surface area contributed by atoms with Gasteiger partial charge in [-0.15, -0.1) is 0 Å². The third kappa shape index (κ3) is 3.58. The minimum absolute atomic E-state index is 0.506. The highest BCUT2D eigenvalue weighted by atomic mass is 16.3. The van der Waals surface area contributed by atoms with Gasteiger partial charge in [0.05, 0.1) is 12.1 Å². The molecule has 3 nitrogen and oxygen atoms in total. The van der Waals surface area contributed by atoms with Gasteiger partial charge < -0.3 is 14.8 Å². The van der Waals surface area contributed by atoms with Crippen molar-refractivity contribution in [3.63, 3.8) is 0 Å². The van der Waals surface area contributed by atoms with Crippen LogP contribution in [0.25, 0.3) is 0 Å². The molecule has 1 heterocycles. The molecule has 0 atom stereocenters. The van der Waals surface area contributed by atoms with Crippen molar-refractivity contribution in [2.45, 2.75) is 51.7 Å². The highest BCUT2D eigenvalue weighted by Gasteiger charge is 2.31.